The van der Waals surface area contributed by atoms with Gasteiger partial charge < -0.3 is 10.2 Å². The maximum atomic E-state index is 12.1. The molecule has 0 radical (unpaired) electrons. The molecule has 20 heavy (non-hydrogen) atoms. The minimum absolute atomic E-state index is 0.0564. The van der Waals surface area contributed by atoms with Gasteiger partial charge in [0.15, 0.2) is 0 Å². The molecule has 2 rings (SSSR count). The molecule has 0 unspecified atom stereocenters. The zero-order valence-corrected chi connectivity index (χ0v) is 12.5. The Balaban J connectivity index is 1.89. The van der Waals surface area contributed by atoms with Crippen LogP contribution in [0.5, 0.6) is 0 Å². The molecule has 106 valence electrons. The predicted octanol–water partition coefficient (Wildman–Crippen LogP) is 2.14. The van der Waals surface area contributed by atoms with E-state index in [2.05, 4.69) is 20.3 Å². The number of aromatic nitrogens is 3. The van der Waals surface area contributed by atoms with Gasteiger partial charge in [-0.1, -0.05) is 0 Å². The number of carbonyl (C=O) groups excluding carboxylic acids is 1. The van der Waals surface area contributed by atoms with Crippen molar-refractivity contribution in [2.24, 2.45) is 0 Å². The molecule has 6 nitrogen and oxygen atoms in total. The molecule has 0 aromatic carbocycles. The fourth-order valence-electron chi connectivity index (χ4n) is 1.58. The number of carbonyl (C=O) groups is 1. The van der Waals surface area contributed by atoms with Crippen LogP contribution in [0, 0.1) is 6.92 Å². The van der Waals surface area contributed by atoms with Gasteiger partial charge in [-0.15, -0.1) is 11.3 Å². The summed E-state index contributed by atoms with van der Waals surface area (Å²) in [6.07, 6.45) is 5.09. The number of aryl methyl sites for hydroxylation is 1. The molecule has 7 heteroatoms. The van der Waals surface area contributed by atoms with E-state index in [1.165, 1.54) is 11.3 Å². The van der Waals surface area contributed by atoms with Crippen molar-refractivity contribution in [2.45, 2.75) is 26.4 Å². The number of nitrogens with zero attached hydrogens (tertiary/aromatic N) is 4. The lowest BCUT2D eigenvalue weighted by Gasteiger charge is -2.23. The molecule has 2 aromatic rings. The number of hydrogen-bond donors (Lipinski definition) is 1. The number of urea groups is 1. The lowest BCUT2D eigenvalue weighted by molar-refractivity contribution is 0.193. The summed E-state index contributed by atoms with van der Waals surface area (Å²) in [5, 5.41) is 5.64. The van der Waals surface area contributed by atoms with Crippen molar-refractivity contribution in [1.82, 2.24) is 25.2 Å². The van der Waals surface area contributed by atoms with Crippen molar-refractivity contribution in [2.75, 3.05) is 7.05 Å². The summed E-state index contributed by atoms with van der Waals surface area (Å²) in [4.78, 5) is 26.3. The van der Waals surface area contributed by atoms with Gasteiger partial charge in [0.2, 0.25) is 0 Å². The maximum Gasteiger partial charge on any atom is 0.318 e. The van der Waals surface area contributed by atoms with E-state index in [1.54, 1.807) is 30.5 Å². The molecule has 2 amide bonds. The third kappa shape index (κ3) is 3.51. The average Bonchev–Trinajstić information content (AvgIpc) is 2.99. The van der Waals surface area contributed by atoms with Gasteiger partial charge in [0.05, 0.1) is 30.2 Å². The zero-order chi connectivity index (χ0) is 14.5. The second-order valence-electron chi connectivity index (χ2n) is 4.47. The van der Waals surface area contributed by atoms with Crippen LogP contribution >= 0.6 is 11.3 Å². The van der Waals surface area contributed by atoms with E-state index in [0.717, 1.165) is 16.4 Å². The number of hydrogen-bond acceptors (Lipinski definition) is 5. The van der Waals surface area contributed by atoms with Gasteiger partial charge in [0, 0.05) is 24.8 Å². The Hall–Kier alpha value is -2.02. The monoisotopic (exact) mass is 291 g/mol. The molecule has 0 aliphatic heterocycles. The lowest BCUT2D eigenvalue weighted by atomic mass is 10.3. The van der Waals surface area contributed by atoms with Gasteiger partial charge in [0.25, 0.3) is 0 Å². The van der Waals surface area contributed by atoms with Crippen LogP contribution in [0.1, 0.15) is 29.4 Å². The van der Waals surface area contributed by atoms with E-state index in [0.29, 0.717) is 6.54 Å². The van der Waals surface area contributed by atoms with E-state index in [1.807, 2.05) is 19.2 Å². The fraction of sp³-hybridized carbons (Fsp3) is 0.385. The molecular formula is C13H17N5OS. The van der Waals surface area contributed by atoms with Crippen molar-refractivity contribution in [3.63, 3.8) is 0 Å². The van der Waals surface area contributed by atoms with E-state index in [-0.39, 0.29) is 12.1 Å². The fourth-order valence-corrected chi connectivity index (χ4v) is 2.32. The summed E-state index contributed by atoms with van der Waals surface area (Å²) in [6.45, 7) is 4.18. The minimum Gasteiger partial charge on any atom is -0.332 e. The first kappa shape index (κ1) is 14.4. The van der Waals surface area contributed by atoms with Crippen molar-refractivity contribution < 1.29 is 4.79 Å². The maximum absolute atomic E-state index is 12.1. The van der Waals surface area contributed by atoms with Crippen LogP contribution < -0.4 is 5.32 Å². The van der Waals surface area contributed by atoms with E-state index < -0.39 is 0 Å². The quantitative estimate of drug-likeness (QED) is 0.937. The number of thiazole rings is 1. The molecule has 0 aliphatic rings. The zero-order valence-electron chi connectivity index (χ0n) is 11.7. The first-order valence-corrected chi connectivity index (χ1v) is 7.13. The average molecular weight is 291 g/mol. The van der Waals surface area contributed by atoms with Crippen LogP contribution in [0.15, 0.2) is 24.0 Å². The van der Waals surface area contributed by atoms with Gasteiger partial charge in [0.1, 0.15) is 5.01 Å². The minimum atomic E-state index is -0.157. The second-order valence-corrected chi connectivity index (χ2v) is 5.39. The third-order valence-corrected chi connectivity index (χ3v) is 3.91. The first-order chi connectivity index (χ1) is 9.58. The Bertz CT molecular complexity index is 555. The lowest BCUT2D eigenvalue weighted by Crippen LogP contribution is -2.38. The summed E-state index contributed by atoms with van der Waals surface area (Å²) in [5.74, 6) is 0. The van der Waals surface area contributed by atoms with Crippen LogP contribution in [0.2, 0.25) is 0 Å². The molecule has 1 atom stereocenters. The van der Waals surface area contributed by atoms with Crippen molar-refractivity contribution >= 4 is 17.4 Å². The SMILES string of the molecule is Cc1cnc(CNC(=O)N(C)[C@H](C)c2nccs2)cn1. The molecule has 0 saturated heterocycles. The van der Waals surface area contributed by atoms with Gasteiger partial charge in [-0.05, 0) is 13.8 Å². The highest BCUT2D eigenvalue weighted by molar-refractivity contribution is 7.09. The van der Waals surface area contributed by atoms with Gasteiger partial charge >= 0.3 is 6.03 Å². The number of nitrogens with one attached hydrogen (secondary N) is 1. The molecule has 1 N–H and O–H groups in total. The first-order valence-electron chi connectivity index (χ1n) is 6.25. The Morgan fingerprint density at radius 1 is 1.40 bits per heavy atom. The second kappa shape index (κ2) is 6.42. The van der Waals surface area contributed by atoms with E-state index in [4.69, 9.17) is 0 Å². The summed E-state index contributed by atoms with van der Waals surface area (Å²) >= 11 is 1.54. The smallest absolute Gasteiger partial charge is 0.318 e. The molecule has 2 heterocycles. The van der Waals surface area contributed by atoms with Crippen LogP contribution in [-0.2, 0) is 6.54 Å². The number of rotatable bonds is 4. The highest BCUT2D eigenvalue weighted by Crippen LogP contribution is 2.20. The summed E-state index contributed by atoms with van der Waals surface area (Å²) in [7, 11) is 1.75. The van der Waals surface area contributed by atoms with Crippen LogP contribution in [0.4, 0.5) is 4.79 Å². The molecule has 2 aromatic heterocycles. The van der Waals surface area contributed by atoms with Crippen LogP contribution in [0.3, 0.4) is 0 Å². The highest BCUT2D eigenvalue weighted by atomic mass is 32.1. The van der Waals surface area contributed by atoms with E-state index in [9.17, 15) is 4.79 Å². The molecule has 0 saturated carbocycles. The van der Waals surface area contributed by atoms with Gasteiger partial charge in [-0.25, -0.2) is 9.78 Å². The molecule has 0 aliphatic carbocycles. The summed E-state index contributed by atoms with van der Waals surface area (Å²) < 4.78 is 0. The molecule has 0 spiro atoms. The predicted molar refractivity (Wildman–Crippen MR) is 77.3 cm³/mol. The normalized spacial score (nSPS) is 11.9. The summed E-state index contributed by atoms with van der Waals surface area (Å²) in [5.41, 5.74) is 1.59. The van der Waals surface area contributed by atoms with Crippen molar-refractivity contribution in [3.05, 3.63) is 40.4 Å². The third-order valence-electron chi connectivity index (χ3n) is 2.97. The number of amides is 2. The largest absolute Gasteiger partial charge is 0.332 e. The Morgan fingerprint density at radius 2 is 2.20 bits per heavy atom. The topological polar surface area (TPSA) is 71.0 Å². The van der Waals surface area contributed by atoms with Crippen molar-refractivity contribution in [3.8, 4) is 0 Å². The van der Waals surface area contributed by atoms with Gasteiger partial charge in [-0.2, -0.15) is 0 Å². The van der Waals surface area contributed by atoms with Crippen LogP contribution in [0.25, 0.3) is 0 Å². The Morgan fingerprint density at radius 3 is 2.80 bits per heavy atom. The Labute approximate surface area is 121 Å². The molecule has 0 fully saturated rings. The van der Waals surface area contributed by atoms with Gasteiger partial charge in [-0.3, -0.25) is 9.97 Å². The Kier molecular flexibility index (Phi) is 4.62. The molecular weight excluding hydrogens is 274 g/mol. The van der Waals surface area contributed by atoms with Crippen LogP contribution in [-0.4, -0.2) is 32.9 Å². The van der Waals surface area contributed by atoms with E-state index >= 15 is 0 Å². The summed E-state index contributed by atoms with van der Waals surface area (Å²) in [6, 6.07) is -0.214. The molecule has 0 bridgehead atoms. The van der Waals surface area contributed by atoms with Crippen molar-refractivity contribution in [1.29, 1.82) is 0 Å². The highest BCUT2D eigenvalue weighted by Gasteiger charge is 2.18. The standard InChI is InChI=1S/C13H17N5OS/c1-9-6-16-11(7-15-9)8-17-13(19)18(3)10(2)12-14-4-5-20-12/h4-7,10H,8H2,1-3H3,(H,17,19)/t10-/m1/s1.